The average Bonchev–Trinajstić information content (AvgIpc) is 3.08. The lowest BCUT2D eigenvalue weighted by atomic mass is 10.1. The first-order valence-electron chi connectivity index (χ1n) is 9.46. The van der Waals surface area contributed by atoms with Crippen LogP contribution < -0.4 is 16.0 Å². The molecule has 0 aliphatic rings. The number of nitrogens with zero attached hydrogens (tertiary/aromatic N) is 2. The van der Waals surface area contributed by atoms with Crippen molar-refractivity contribution in [2.45, 2.75) is 26.1 Å². The minimum Gasteiger partial charge on any atom is -0.439 e. The molecule has 3 aromatic heterocycles. The van der Waals surface area contributed by atoms with Crippen LogP contribution in [0.5, 0.6) is 11.6 Å². The molecule has 3 heterocycles. The molecular formula is C21H14Cl2F3N3O3S. The predicted molar refractivity (Wildman–Crippen MR) is 122 cm³/mol. The van der Waals surface area contributed by atoms with Crippen molar-refractivity contribution in [1.82, 2.24) is 14.5 Å². The summed E-state index contributed by atoms with van der Waals surface area (Å²) in [5.74, 6) is 0.707. The van der Waals surface area contributed by atoms with Crippen LogP contribution in [0.1, 0.15) is 12.0 Å². The Hall–Kier alpha value is -2.82. The van der Waals surface area contributed by atoms with Crippen LogP contribution >= 0.6 is 34.5 Å². The van der Waals surface area contributed by atoms with Gasteiger partial charge in [0.15, 0.2) is 0 Å². The maximum absolute atomic E-state index is 12.7. The first kappa shape index (κ1) is 23.3. The van der Waals surface area contributed by atoms with Crippen LogP contribution in [0, 0.1) is 6.92 Å². The summed E-state index contributed by atoms with van der Waals surface area (Å²) in [5.41, 5.74) is -0.375. The summed E-state index contributed by atoms with van der Waals surface area (Å²) in [7, 11) is 0. The van der Waals surface area contributed by atoms with Crippen LogP contribution in [0.3, 0.4) is 0 Å². The van der Waals surface area contributed by atoms with Gasteiger partial charge in [-0.05, 0) is 30.7 Å². The molecule has 1 N–H and O–H groups in total. The highest BCUT2D eigenvalue weighted by Gasteiger charge is 2.28. The molecule has 0 amide bonds. The normalized spacial score (nSPS) is 11.8. The molecule has 0 atom stereocenters. The number of alkyl halides is 3. The maximum atomic E-state index is 12.7. The summed E-state index contributed by atoms with van der Waals surface area (Å²) in [6.45, 7) is 1.08. The third-order valence-corrected chi connectivity index (χ3v) is 6.90. The van der Waals surface area contributed by atoms with E-state index in [1.165, 1.54) is 6.20 Å². The highest BCUT2D eigenvalue weighted by molar-refractivity contribution is 7.22. The number of hydrogen-bond acceptors (Lipinski definition) is 5. The van der Waals surface area contributed by atoms with Gasteiger partial charge in [0.05, 0.1) is 21.9 Å². The second kappa shape index (κ2) is 8.85. The van der Waals surface area contributed by atoms with Crippen molar-refractivity contribution in [2.75, 3.05) is 0 Å². The molecule has 172 valence electrons. The van der Waals surface area contributed by atoms with Crippen molar-refractivity contribution < 1.29 is 17.9 Å². The fraction of sp³-hybridized carbons (Fsp3) is 0.190. The van der Waals surface area contributed by atoms with E-state index in [2.05, 4.69) is 9.97 Å². The van der Waals surface area contributed by atoms with Crippen LogP contribution in [0.25, 0.3) is 20.7 Å². The molecule has 0 unspecified atom stereocenters. The molecule has 4 rings (SSSR count). The smallest absolute Gasteiger partial charge is 0.390 e. The largest absolute Gasteiger partial charge is 0.439 e. The highest BCUT2D eigenvalue weighted by atomic mass is 35.5. The van der Waals surface area contributed by atoms with Gasteiger partial charge in [-0.25, -0.2) is 9.78 Å². The molecule has 0 spiro atoms. The quantitative estimate of drug-likeness (QED) is 0.344. The fourth-order valence-electron chi connectivity index (χ4n) is 3.23. The zero-order chi connectivity index (χ0) is 23.9. The molecule has 1 aromatic carbocycles. The van der Waals surface area contributed by atoms with Crippen molar-refractivity contribution >= 4 is 44.8 Å². The minimum absolute atomic E-state index is 0.174. The second-order valence-electron chi connectivity index (χ2n) is 7.08. The van der Waals surface area contributed by atoms with Gasteiger partial charge < -0.3 is 4.74 Å². The molecule has 0 radical (unpaired) electrons. The molecule has 4 aromatic rings. The fourth-order valence-corrected chi connectivity index (χ4v) is 4.84. The van der Waals surface area contributed by atoms with Crippen LogP contribution in [-0.2, 0) is 6.54 Å². The highest BCUT2D eigenvalue weighted by Crippen LogP contribution is 2.37. The number of benzene rings is 1. The van der Waals surface area contributed by atoms with Gasteiger partial charge in [-0.1, -0.05) is 23.2 Å². The van der Waals surface area contributed by atoms with E-state index in [0.717, 1.165) is 15.9 Å². The van der Waals surface area contributed by atoms with E-state index in [1.54, 1.807) is 37.3 Å². The summed E-state index contributed by atoms with van der Waals surface area (Å²) in [6, 6.07) is 8.06. The Morgan fingerprint density at radius 2 is 1.91 bits per heavy atom. The number of fused-ring (bicyclic) bond motifs is 1. The van der Waals surface area contributed by atoms with E-state index in [-0.39, 0.29) is 16.1 Å². The Bertz CT molecular complexity index is 1460. The molecule has 33 heavy (non-hydrogen) atoms. The van der Waals surface area contributed by atoms with Gasteiger partial charge in [0.1, 0.15) is 10.6 Å². The van der Waals surface area contributed by atoms with E-state index in [0.29, 0.717) is 31.8 Å². The first-order valence-corrected chi connectivity index (χ1v) is 11.0. The Balaban J connectivity index is 1.70. The number of halogens is 5. The molecular weight excluding hydrogens is 502 g/mol. The number of H-pyrrole nitrogens is 1. The van der Waals surface area contributed by atoms with Crippen molar-refractivity contribution in [3.63, 3.8) is 0 Å². The third-order valence-electron chi connectivity index (χ3n) is 4.80. The zero-order valence-electron chi connectivity index (χ0n) is 16.8. The molecule has 0 fully saturated rings. The zero-order valence-corrected chi connectivity index (χ0v) is 19.1. The summed E-state index contributed by atoms with van der Waals surface area (Å²) >= 11 is 12.9. The number of aromatic nitrogens is 3. The number of rotatable bonds is 5. The second-order valence-corrected chi connectivity index (χ2v) is 8.89. The molecule has 0 saturated heterocycles. The van der Waals surface area contributed by atoms with E-state index in [9.17, 15) is 22.8 Å². The van der Waals surface area contributed by atoms with E-state index in [4.69, 9.17) is 27.9 Å². The number of aromatic amines is 1. The molecule has 6 nitrogen and oxygen atoms in total. The lowest BCUT2D eigenvalue weighted by molar-refractivity contribution is -0.136. The SMILES string of the molecule is Cc1c(-c2ccc(Oc3ccc(Cl)c(Cl)c3)nc2)sc2c1c(=O)[nH]c(=O)n2CCC(F)(F)F. The van der Waals surface area contributed by atoms with Gasteiger partial charge in [-0.3, -0.25) is 14.3 Å². The van der Waals surface area contributed by atoms with Crippen molar-refractivity contribution in [3.8, 4) is 22.1 Å². The number of nitrogens with one attached hydrogen (secondary N) is 1. The predicted octanol–water partition coefficient (Wildman–Crippen LogP) is 6.17. The summed E-state index contributed by atoms with van der Waals surface area (Å²) in [4.78, 5) is 31.7. The number of aryl methyl sites for hydroxylation is 2. The van der Waals surface area contributed by atoms with Gasteiger partial charge in [-0.2, -0.15) is 13.2 Å². The van der Waals surface area contributed by atoms with Gasteiger partial charge in [0.2, 0.25) is 5.88 Å². The summed E-state index contributed by atoms with van der Waals surface area (Å²) in [6.07, 6.45) is -4.12. The monoisotopic (exact) mass is 515 g/mol. The lowest BCUT2D eigenvalue weighted by Gasteiger charge is -2.09. The van der Waals surface area contributed by atoms with Crippen LogP contribution in [-0.4, -0.2) is 20.7 Å². The third kappa shape index (κ3) is 4.92. The maximum Gasteiger partial charge on any atom is 0.390 e. The topological polar surface area (TPSA) is 77.0 Å². The van der Waals surface area contributed by atoms with Crippen LogP contribution in [0.15, 0.2) is 46.1 Å². The summed E-state index contributed by atoms with van der Waals surface area (Å²) in [5, 5.41) is 0.887. The first-order chi connectivity index (χ1) is 15.5. The van der Waals surface area contributed by atoms with Gasteiger partial charge in [0.25, 0.3) is 5.56 Å². The number of pyridine rings is 1. The molecule has 0 aliphatic heterocycles. The lowest BCUT2D eigenvalue weighted by Crippen LogP contribution is -2.31. The van der Waals surface area contributed by atoms with Crippen LogP contribution in [0.4, 0.5) is 13.2 Å². The van der Waals surface area contributed by atoms with Gasteiger partial charge >= 0.3 is 11.9 Å². The Morgan fingerprint density at radius 1 is 1.15 bits per heavy atom. The molecule has 12 heteroatoms. The number of thiophene rings is 1. The molecule has 0 bridgehead atoms. The van der Waals surface area contributed by atoms with Crippen molar-refractivity contribution in [3.05, 3.63) is 73.0 Å². The standard InChI is InChI=1S/C21H14Cl2F3N3O3S/c1-10-16-18(30)28-20(31)29(7-6-21(24,25)26)19(16)33-17(10)11-2-5-15(27-9-11)32-12-3-4-13(22)14(23)8-12/h2-5,8-9H,6-7H2,1H3,(H,28,30,31). The van der Waals surface area contributed by atoms with Gasteiger partial charge in [-0.15, -0.1) is 11.3 Å². The molecule has 0 saturated carbocycles. The average molecular weight is 516 g/mol. The summed E-state index contributed by atoms with van der Waals surface area (Å²) < 4.78 is 44.8. The van der Waals surface area contributed by atoms with E-state index in [1.807, 2.05) is 0 Å². The Labute approximate surface area is 198 Å². The Kier molecular flexibility index (Phi) is 6.26. The van der Waals surface area contributed by atoms with Crippen LogP contribution in [0.2, 0.25) is 10.0 Å². The van der Waals surface area contributed by atoms with E-state index < -0.39 is 30.4 Å². The van der Waals surface area contributed by atoms with E-state index >= 15 is 0 Å². The van der Waals surface area contributed by atoms with Gasteiger partial charge in [0, 0.05) is 35.3 Å². The van der Waals surface area contributed by atoms with Crippen molar-refractivity contribution in [1.29, 1.82) is 0 Å². The Morgan fingerprint density at radius 3 is 2.55 bits per heavy atom. The van der Waals surface area contributed by atoms with Crippen molar-refractivity contribution in [2.24, 2.45) is 0 Å². The number of hydrogen-bond donors (Lipinski definition) is 1. The number of ether oxygens (including phenoxy) is 1. The molecule has 0 aliphatic carbocycles. The minimum atomic E-state index is -4.44.